The number of carbonyl (C=O) groups excluding carboxylic acids is 2. The predicted molar refractivity (Wildman–Crippen MR) is 101 cm³/mol. The topological polar surface area (TPSA) is 98.5 Å². The maximum Gasteiger partial charge on any atom is 0.312 e. The van der Waals surface area contributed by atoms with Crippen LogP contribution in [0.3, 0.4) is 0 Å². The van der Waals surface area contributed by atoms with E-state index in [-0.39, 0.29) is 23.1 Å². The lowest BCUT2D eigenvalue weighted by Crippen LogP contribution is -2.64. The summed E-state index contributed by atoms with van der Waals surface area (Å²) in [5.74, 6) is 0.605. The highest BCUT2D eigenvalue weighted by Gasteiger charge is 2.61. The average molecular weight is 386 g/mol. The molecular formula is C21H26N2O5. The van der Waals surface area contributed by atoms with Gasteiger partial charge in [-0.2, -0.15) is 0 Å². The summed E-state index contributed by atoms with van der Waals surface area (Å²) in [6, 6.07) is 6.22. The molecule has 0 aromatic heterocycles. The van der Waals surface area contributed by atoms with Gasteiger partial charge in [0.05, 0.1) is 10.3 Å². The predicted octanol–water partition coefficient (Wildman–Crippen LogP) is 3.67. The number of ether oxygens (including phenoxy) is 1. The number of rotatable bonds is 5. The fourth-order valence-electron chi connectivity index (χ4n) is 6.27. The molecule has 4 fully saturated rings. The molecule has 4 saturated carbocycles. The largest absolute Gasteiger partial charge is 0.457 e. The summed E-state index contributed by atoms with van der Waals surface area (Å²) in [5, 5.41) is 14.2. The molecule has 28 heavy (non-hydrogen) atoms. The molecular weight excluding hydrogens is 360 g/mol. The van der Waals surface area contributed by atoms with Crippen LogP contribution in [0.5, 0.6) is 0 Å². The molecule has 3 unspecified atom stereocenters. The third kappa shape index (κ3) is 3.27. The van der Waals surface area contributed by atoms with Crippen LogP contribution in [0.4, 0.5) is 5.69 Å². The molecule has 1 amide bonds. The average Bonchev–Trinajstić information content (AvgIpc) is 2.59. The van der Waals surface area contributed by atoms with Gasteiger partial charge in [-0.15, -0.1) is 0 Å². The molecule has 5 rings (SSSR count). The zero-order chi connectivity index (χ0) is 20.1. The molecule has 1 aromatic rings. The number of nitro benzene ring substituents is 1. The van der Waals surface area contributed by atoms with Gasteiger partial charge in [0.25, 0.3) is 5.69 Å². The van der Waals surface area contributed by atoms with E-state index >= 15 is 0 Å². The van der Waals surface area contributed by atoms with Crippen LogP contribution in [-0.4, -0.2) is 22.3 Å². The van der Waals surface area contributed by atoms with E-state index in [0.717, 1.165) is 32.1 Å². The number of carbonyl (C=O) groups is 2. The molecule has 0 saturated heterocycles. The Morgan fingerprint density at radius 2 is 1.93 bits per heavy atom. The van der Waals surface area contributed by atoms with Gasteiger partial charge in [-0.25, -0.2) is 0 Å². The summed E-state index contributed by atoms with van der Waals surface area (Å²) < 4.78 is 5.83. The Bertz CT molecular complexity index is 822. The van der Waals surface area contributed by atoms with Crippen molar-refractivity contribution in [1.29, 1.82) is 0 Å². The molecule has 1 N–H and O–H groups in total. The van der Waals surface area contributed by atoms with E-state index in [2.05, 4.69) is 5.32 Å². The van der Waals surface area contributed by atoms with Gasteiger partial charge in [0, 0.05) is 24.6 Å². The summed E-state index contributed by atoms with van der Waals surface area (Å²) in [6.07, 6.45) is 4.70. The highest BCUT2D eigenvalue weighted by molar-refractivity contribution is 5.79. The normalized spacial score (nSPS) is 33.9. The van der Waals surface area contributed by atoms with E-state index in [1.54, 1.807) is 19.1 Å². The van der Waals surface area contributed by atoms with Crippen molar-refractivity contribution in [1.82, 2.24) is 5.32 Å². The molecule has 0 radical (unpaired) electrons. The minimum atomic E-state index is -0.558. The number of esters is 1. The first-order valence-corrected chi connectivity index (χ1v) is 9.95. The second-order valence-electron chi connectivity index (χ2n) is 9.10. The smallest absolute Gasteiger partial charge is 0.312 e. The van der Waals surface area contributed by atoms with Crippen molar-refractivity contribution in [3.8, 4) is 0 Å². The van der Waals surface area contributed by atoms with Gasteiger partial charge in [-0.05, 0) is 62.8 Å². The zero-order valence-electron chi connectivity index (χ0n) is 16.3. The van der Waals surface area contributed by atoms with Gasteiger partial charge in [-0.1, -0.05) is 12.1 Å². The minimum absolute atomic E-state index is 0.0141. The van der Waals surface area contributed by atoms with Crippen molar-refractivity contribution in [3.63, 3.8) is 0 Å². The summed E-state index contributed by atoms with van der Waals surface area (Å²) in [5.41, 5.74) is -0.241. The van der Waals surface area contributed by atoms with Crippen LogP contribution < -0.4 is 5.32 Å². The Balaban J connectivity index is 1.54. The lowest BCUT2D eigenvalue weighted by Gasteiger charge is -2.60. The Hall–Kier alpha value is -2.44. The maximum absolute atomic E-state index is 13.3. The molecule has 1 aromatic carbocycles. The number of non-ortho nitro benzene ring substituents is 1. The minimum Gasteiger partial charge on any atom is -0.457 e. The Labute approximate surface area is 164 Å². The lowest BCUT2D eigenvalue weighted by atomic mass is 9.47. The van der Waals surface area contributed by atoms with Crippen molar-refractivity contribution in [2.24, 2.45) is 17.3 Å². The van der Waals surface area contributed by atoms with Gasteiger partial charge in [0.2, 0.25) is 5.91 Å². The van der Waals surface area contributed by atoms with Crippen LogP contribution in [0, 0.1) is 27.4 Å². The third-order valence-electron chi connectivity index (χ3n) is 6.77. The van der Waals surface area contributed by atoms with Gasteiger partial charge in [0.15, 0.2) is 0 Å². The number of amides is 1. The van der Waals surface area contributed by atoms with Crippen molar-refractivity contribution >= 4 is 17.6 Å². The van der Waals surface area contributed by atoms with Crippen molar-refractivity contribution < 1.29 is 19.2 Å². The van der Waals surface area contributed by atoms with Gasteiger partial charge < -0.3 is 10.1 Å². The Morgan fingerprint density at radius 3 is 2.54 bits per heavy atom. The van der Waals surface area contributed by atoms with E-state index in [4.69, 9.17) is 4.74 Å². The Morgan fingerprint density at radius 1 is 1.25 bits per heavy atom. The summed E-state index contributed by atoms with van der Waals surface area (Å²) in [6.45, 7) is 3.29. The number of hydrogen-bond acceptors (Lipinski definition) is 5. The van der Waals surface area contributed by atoms with Crippen LogP contribution in [0.25, 0.3) is 0 Å². The molecule has 0 aliphatic heterocycles. The van der Waals surface area contributed by atoms with Gasteiger partial charge in [-0.3, -0.25) is 19.7 Å². The molecule has 0 heterocycles. The van der Waals surface area contributed by atoms with Crippen LogP contribution in [0.1, 0.15) is 64.0 Å². The second kappa shape index (κ2) is 6.57. The van der Waals surface area contributed by atoms with E-state index < -0.39 is 16.4 Å². The highest BCUT2D eigenvalue weighted by atomic mass is 16.6. The van der Waals surface area contributed by atoms with E-state index in [0.29, 0.717) is 23.8 Å². The summed E-state index contributed by atoms with van der Waals surface area (Å²) in [4.78, 5) is 35.6. The van der Waals surface area contributed by atoms with Crippen molar-refractivity contribution in [3.05, 3.63) is 39.9 Å². The first-order valence-electron chi connectivity index (χ1n) is 9.95. The lowest BCUT2D eigenvalue weighted by molar-refractivity contribution is -0.385. The van der Waals surface area contributed by atoms with Crippen LogP contribution in [0.2, 0.25) is 0 Å². The van der Waals surface area contributed by atoms with E-state index in [1.807, 2.05) is 0 Å². The van der Waals surface area contributed by atoms with Crippen molar-refractivity contribution in [2.75, 3.05) is 0 Å². The fraction of sp³-hybridized carbons (Fsp3) is 0.619. The summed E-state index contributed by atoms with van der Waals surface area (Å²) in [7, 11) is 0. The first kappa shape index (κ1) is 18.9. The highest BCUT2D eigenvalue weighted by Crippen LogP contribution is 2.62. The SMILES string of the molecule is CC(=O)NC12CC3CC(C1)CC(C(=O)OC(C)c1cccc([N+](=O)[O-])c1)(C3)C2. The molecule has 4 bridgehead atoms. The molecule has 7 nitrogen and oxygen atoms in total. The number of benzene rings is 1. The molecule has 7 heteroatoms. The van der Waals surface area contributed by atoms with Crippen LogP contribution in [-0.2, 0) is 14.3 Å². The van der Waals surface area contributed by atoms with Crippen LogP contribution in [0.15, 0.2) is 24.3 Å². The Kier molecular flexibility index (Phi) is 4.43. The fourth-order valence-corrected chi connectivity index (χ4v) is 6.27. The molecule has 0 spiro atoms. The second-order valence-corrected chi connectivity index (χ2v) is 9.10. The van der Waals surface area contributed by atoms with Crippen LogP contribution >= 0.6 is 0 Å². The summed E-state index contributed by atoms with van der Waals surface area (Å²) >= 11 is 0. The van der Waals surface area contributed by atoms with E-state index in [9.17, 15) is 19.7 Å². The van der Waals surface area contributed by atoms with E-state index in [1.165, 1.54) is 19.1 Å². The maximum atomic E-state index is 13.3. The quantitative estimate of drug-likeness (QED) is 0.473. The number of nitro groups is 1. The first-order chi connectivity index (χ1) is 13.2. The van der Waals surface area contributed by atoms with Crippen molar-refractivity contribution in [2.45, 2.75) is 64.0 Å². The van der Waals surface area contributed by atoms with Gasteiger partial charge >= 0.3 is 5.97 Å². The van der Waals surface area contributed by atoms with Gasteiger partial charge in [0.1, 0.15) is 6.10 Å². The third-order valence-corrected chi connectivity index (χ3v) is 6.77. The number of hydrogen-bond donors (Lipinski definition) is 1. The molecule has 150 valence electrons. The zero-order valence-corrected chi connectivity index (χ0v) is 16.3. The molecule has 3 atom stereocenters. The molecule has 4 aliphatic rings. The standard InChI is InChI=1S/C21H26N2O5/c1-13(17-4-3-5-18(7-17)23(26)27)28-19(25)20-8-15-6-16(9-20)11-21(10-15,12-20)22-14(2)24/h3-5,7,13,15-16H,6,8-12H2,1-2H3,(H,22,24). The number of nitrogens with zero attached hydrogens (tertiary/aromatic N) is 1. The molecule has 4 aliphatic carbocycles. The monoisotopic (exact) mass is 386 g/mol. The number of nitrogens with one attached hydrogen (secondary N) is 1.